The van der Waals surface area contributed by atoms with E-state index in [1.807, 2.05) is 29.9 Å². The third kappa shape index (κ3) is 3.18. The van der Waals surface area contributed by atoms with E-state index in [1.165, 1.54) is 5.56 Å². The second-order valence-corrected chi connectivity index (χ2v) is 4.86. The lowest BCUT2D eigenvalue weighted by Gasteiger charge is -2.17. The molecule has 0 aliphatic rings. The topological polar surface area (TPSA) is 65.1 Å². The Morgan fingerprint density at radius 1 is 1.45 bits per heavy atom. The summed E-state index contributed by atoms with van der Waals surface area (Å²) in [5.41, 5.74) is 6.30. The summed E-state index contributed by atoms with van der Waals surface area (Å²) in [6.45, 7) is 4.98. The molecule has 0 fully saturated rings. The maximum absolute atomic E-state index is 5.70. The highest BCUT2D eigenvalue weighted by Gasteiger charge is 2.13. The fraction of sp³-hybridized carbons (Fsp3) is 0.400. The minimum absolute atomic E-state index is 0.0640. The van der Waals surface area contributed by atoms with Gasteiger partial charge in [0.05, 0.1) is 19.3 Å². The van der Waals surface area contributed by atoms with Crippen molar-refractivity contribution < 1.29 is 4.74 Å². The third-order valence-electron chi connectivity index (χ3n) is 3.47. The molecule has 0 aliphatic carbocycles. The summed E-state index contributed by atoms with van der Waals surface area (Å²) in [6, 6.07) is 6.19. The summed E-state index contributed by atoms with van der Waals surface area (Å²) < 4.78 is 7.20. The van der Waals surface area contributed by atoms with Crippen molar-refractivity contribution in [3.05, 3.63) is 47.3 Å². The van der Waals surface area contributed by atoms with E-state index in [2.05, 4.69) is 29.7 Å². The smallest absolute Gasteiger partial charge is 0.121 e. The third-order valence-corrected chi connectivity index (χ3v) is 3.47. The van der Waals surface area contributed by atoms with E-state index < -0.39 is 0 Å². The Morgan fingerprint density at radius 3 is 2.80 bits per heavy atom. The van der Waals surface area contributed by atoms with E-state index in [1.54, 1.807) is 7.11 Å². The number of nitrogens with one attached hydrogen (secondary N) is 1. The number of ether oxygens (including phenoxy) is 1. The summed E-state index contributed by atoms with van der Waals surface area (Å²) in [6.07, 6.45) is 4.76. The fourth-order valence-corrected chi connectivity index (χ4v) is 2.31. The predicted octanol–water partition coefficient (Wildman–Crippen LogP) is 1.97. The number of benzene rings is 1. The molecule has 0 bridgehead atoms. The van der Waals surface area contributed by atoms with Gasteiger partial charge in [-0.2, -0.15) is 5.10 Å². The quantitative estimate of drug-likeness (QED) is 0.624. The van der Waals surface area contributed by atoms with Gasteiger partial charge in [0.2, 0.25) is 0 Å². The molecular weight excluding hydrogens is 252 g/mol. The molecule has 0 spiro atoms. The maximum Gasteiger partial charge on any atom is 0.121 e. The van der Waals surface area contributed by atoms with E-state index in [0.29, 0.717) is 0 Å². The van der Waals surface area contributed by atoms with Gasteiger partial charge in [-0.15, -0.1) is 0 Å². The van der Waals surface area contributed by atoms with Crippen LogP contribution in [0.4, 0.5) is 0 Å². The van der Waals surface area contributed by atoms with Gasteiger partial charge in [-0.1, -0.05) is 12.1 Å². The van der Waals surface area contributed by atoms with E-state index in [0.717, 1.165) is 29.8 Å². The Bertz CT molecular complexity index is 565. The van der Waals surface area contributed by atoms with Crippen LogP contribution in [0.15, 0.2) is 30.6 Å². The molecule has 1 heterocycles. The number of methoxy groups -OCH3 is 1. The van der Waals surface area contributed by atoms with E-state index in [-0.39, 0.29) is 6.04 Å². The molecule has 0 aliphatic heterocycles. The SMILES string of the molecule is CCn1cc(CC(NN)c2ccc(OC)c(C)c2)cn1. The largest absolute Gasteiger partial charge is 0.496 e. The second-order valence-electron chi connectivity index (χ2n) is 4.86. The summed E-state index contributed by atoms with van der Waals surface area (Å²) in [4.78, 5) is 0. The molecule has 5 heteroatoms. The van der Waals surface area contributed by atoms with Gasteiger partial charge in [0, 0.05) is 12.7 Å². The van der Waals surface area contributed by atoms with Crippen LogP contribution in [0, 0.1) is 6.92 Å². The lowest BCUT2D eigenvalue weighted by Crippen LogP contribution is -2.29. The Kier molecular flexibility index (Phi) is 4.76. The molecule has 2 rings (SSSR count). The van der Waals surface area contributed by atoms with Crippen LogP contribution in [-0.2, 0) is 13.0 Å². The molecule has 0 amide bonds. The van der Waals surface area contributed by atoms with Crippen LogP contribution in [0.2, 0.25) is 0 Å². The maximum atomic E-state index is 5.70. The highest BCUT2D eigenvalue weighted by Crippen LogP contribution is 2.24. The van der Waals surface area contributed by atoms with Gasteiger partial charge in [-0.05, 0) is 43.0 Å². The van der Waals surface area contributed by atoms with Crippen LogP contribution >= 0.6 is 0 Å². The molecule has 2 aromatic rings. The number of nitrogens with zero attached hydrogens (tertiary/aromatic N) is 2. The lowest BCUT2D eigenvalue weighted by molar-refractivity contribution is 0.411. The molecule has 1 atom stereocenters. The van der Waals surface area contributed by atoms with Gasteiger partial charge < -0.3 is 4.74 Å². The summed E-state index contributed by atoms with van der Waals surface area (Å²) >= 11 is 0. The van der Waals surface area contributed by atoms with Crippen LogP contribution < -0.4 is 16.0 Å². The monoisotopic (exact) mass is 274 g/mol. The zero-order valence-corrected chi connectivity index (χ0v) is 12.3. The molecule has 1 aromatic carbocycles. The van der Waals surface area contributed by atoms with E-state index >= 15 is 0 Å². The summed E-state index contributed by atoms with van der Waals surface area (Å²) in [7, 11) is 1.68. The average molecular weight is 274 g/mol. The van der Waals surface area contributed by atoms with Crippen molar-refractivity contribution in [2.75, 3.05) is 7.11 Å². The van der Waals surface area contributed by atoms with Crippen molar-refractivity contribution >= 4 is 0 Å². The molecule has 1 aromatic heterocycles. The van der Waals surface area contributed by atoms with Crippen molar-refractivity contribution in [3.63, 3.8) is 0 Å². The van der Waals surface area contributed by atoms with Crippen LogP contribution in [-0.4, -0.2) is 16.9 Å². The molecule has 0 saturated heterocycles. The molecule has 0 saturated carbocycles. The van der Waals surface area contributed by atoms with Gasteiger partial charge in [0.1, 0.15) is 5.75 Å². The van der Waals surface area contributed by atoms with Gasteiger partial charge in [0.25, 0.3) is 0 Å². The number of aryl methyl sites for hydroxylation is 2. The highest BCUT2D eigenvalue weighted by molar-refractivity contribution is 5.37. The predicted molar refractivity (Wildman–Crippen MR) is 79.4 cm³/mol. The molecule has 3 N–H and O–H groups in total. The molecule has 0 radical (unpaired) electrons. The Morgan fingerprint density at radius 2 is 2.25 bits per heavy atom. The summed E-state index contributed by atoms with van der Waals surface area (Å²) in [5.74, 6) is 6.60. The summed E-state index contributed by atoms with van der Waals surface area (Å²) in [5, 5.41) is 4.29. The number of rotatable bonds is 6. The van der Waals surface area contributed by atoms with Gasteiger partial charge in [0.15, 0.2) is 0 Å². The van der Waals surface area contributed by atoms with Gasteiger partial charge >= 0.3 is 0 Å². The van der Waals surface area contributed by atoms with Crippen LogP contribution in [0.25, 0.3) is 0 Å². The lowest BCUT2D eigenvalue weighted by atomic mass is 9.99. The molecule has 5 nitrogen and oxygen atoms in total. The van der Waals surface area contributed by atoms with Crippen molar-refractivity contribution in [1.82, 2.24) is 15.2 Å². The fourth-order valence-electron chi connectivity index (χ4n) is 2.31. The first-order chi connectivity index (χ1) is 9.67. The first kappa shape index (κ1) is 14.6. The van der Waals surface area contributed by atoms with Crippen LogP contribution in [0.3, 0.4) is 0 Å². The van der Waals surface area contributed by atoms with Crippen molar-refractivity contribution in [2.24, 2.45) is 5.84 Å². The van der Waals surface area contributed by atoms with Gasteiger partial charge in [-0.25, -0.2) is 0 Å². The molecular formula is C15H22N4O. The normalized spacial score (nSPS) is 12.4. The van der Waals surface area contributed by atoms with Gasteiger partial charge in [-0.3, -0.25) is 16.0 Å². The zero-order valence-electron chi connectivity index (χ0n) is 12.3. The number of hydrogen-bond acceptors (Lipinski definition) is 4. The number of aromatic nitrogens is 2. The molecule has 108 valence electrons. The Balaban J connectivity index is 2.17. The minimum Gasteiger partial charge on any atom is -0.496 e. The van der Waals surface area contributed by atoms with E-state index in [9.17, 15) is 0 Å². The first-order valence-corrected chi connectivity index (χ1v) is 6.80. The van der Waals surface area contributed by atoms with Crippen LogP contribution in [0.5, 0.6) is 5.75 Å². The minimum atomic E-state index is 0.0640. The second kappa shape index (κ2) is 6.54. The highest BCUT2D eigenvalue weighted by atomic mass is 16.5. The average Bonchev–Trinajstić information content (AvgIpc) is 2.92. The van der Waals surface area contributed by atoms with Crippen LogP contribution in [0.1, 0.15) is 29.7 Å². The Hall–Kier alpha value is -1.85. The van der Waals surface area contributed by atoms with Crippen molar-refractivity contribution in [2.45, 2.75) is 32.9 Å². The van der Waals surface area contributed by atoms with Crippen molar-refractivity contribution in [1.29, 1.82) is 0 Å². The number of hydrogen-bond donors (Lipinski definition) is 2. The number of hydrazine groups is 1. The zero-order chi connectivity index (χ0) is 14.5. The van der Waals surface area contributed by atoms with E-state index in [4.69, 9.17) is 10.6 Å². The molecule has 1 unspecified atom stereocenters. The van der Waals surface area contributed by atoms with Crippen molar-refractivity contribution in [3.8, 4) is 5.75 Å². The first-order valence-electron chi connectivity index (χ1n) is 6.80. The standard InChI is InChI=1S/C15H22N4O/c1-4-19-10-12(9-17-19)8-14(18-16)13-5-6-15(20-3)11(2)7-13/h5-7,9-10,14,18H,4,8,16H2,1-3H3. The number of nitrogens with two attached hydrogens (primary N) is 1. The Labute approximate surface area is 119 Å². The molecule has 20 heavy (non-hydrogen) atoms.